The first-order chi connectivity index (χ1) is 12.9. The molecule has 1 aromatic carbocycles. The van der Waals surface area contributed by atoms with E-state index in [1.54, 1.807) is 19.1 Å². The molecule has 0 spiro atoms. The Kier molecular flexibility index (Phi) is 4.90. The van der Waals surface area contributed by atoms with Gasteiger partial charge in [0.05, 0.1) is 16.6 Å². The van der Waals surface area contributed by atoms with Crippen molar-refractivity contribution in [2.45, 2.75) is 25.8 Å². The van der Waals surface area contributed by atoms with Crippen LogP contribution in [-0.2, 0) is 14.3 Å². The third-order valence-electron chi connectivity index (χ3n) is 4.15. The largest absolute Gasteiger partial charge is 0.436 e. The molecule has 1 unspecified atom stereocenters. The van der Waals surface area contributed by atoms with Gasteiger partial charge in [0.1, 0.15) is 11.9 Å². The Morgan fingerprint density at radius 2 is 2.22 bits per heavy atom. The number of carbonyl (C=O) groups is 3. The third-order valence-corrected chi connectivity index (χ3v) is 4.15. The minimum absolute atomic E-state index is 0.124. The van der Waals surface area contributed by atoms with Crippen LogP contribution in [0.15, 0.2) is 23.0 Å². The number of nitrogens with zero attached hydrogens (tertiary/aromatic N) is 2. The molecule has 1 aromatic heterocycles. The first-order valence-electron chi connectivity index (χ1n) is 8.15. The van der Waals surface area contributed by atoms with Gasteiger partial charge in [0.25, 0.3) is 5.56 Å². The zero-order valence-corrected chi connectivity index (χ0v) is 14.4. The highest BCUT2D eigenvalue weighted by molar-refractivity contribution is 6.00. The van der Waals surface area contributed by atoms with Gasteiger partial charge in [-0.05, 0) is 25.5 Å². The lowest BCUT2D eigenvalue weighted by atomic mass is 10.1. The van der Waals surface area contributed by atoms with Crippen molar-refractivity contribution < 1.29 is 19.1 Å². The number of rotatable bonds is 3. The summed E-state index contributed by atoms with van der Waals surface area (Å²) in [6, 6.07) is 3.92. The number of carbonyl (C=O) groups excluding carboxylic acids is 3. The summed E-state index contributed by atoms with van der Waals surface area (Å²) in [5, 5.41) is 4.82. The minimum Gasteiger partial charge on any atom is -0.436 e. The van der Waals surface area contributed by atoms with E-state index in [0.29, 0.717) is 11.3 Å². The van der Waals surface area contributed by atoms with E-state index in [1.807, 2.05) is 0 Å². The third kappa shape index (κ3) is 3.50. The van der Waals surface area contributed by atoms with Crippen LogP contribution in [0.5, 0.6) is 0 Å². The van der Waals surface area contributed by atoms with Gasteiger partial charge in [-0.1, -0.05) is 12.0 Å². The summed E-state index contributed by atoms with van der Waals surface area (Å²) >= 11 is 0. The Balaban J connectivity index is 2.09. The minimum atomic E-state index is -0.853. The van der Waals surface area contributed by atoms with Crippen LogP contribution >= 0.6 is 0 Å². The van der Waals surface area contributed by atoms with Crippen molar-refractivity contribution in [2.24, 2.45) is 0 Å². The van der Waals surface area contributed by atoms with Gasteiger partial charge >= 0.3 is 6.09 Å². The number of amides is 3. The molecule has 2 aromatic rings. The highest BCUT2D eigenvalue weighted by atomic mass is 16.5. The van der Waals surface area contributed by atoms with Crippen LogP contribution in [0.3, 0.4) is 0 Å². The van der Waals surface area contributed by atoms with E-state index in [-0.39, 0.29) is 36.4 Å². The monoisotopic (exact) mass is 368 g/mol. The van der Waals surface area contributed by atoms with Gasteiger partial charge in [-0.25, -0.2) is 9.78 Å². The van der Waals surface area contributed by atoms with Crippen LogP contribution in [0.25, 0.3) is 10.9 Å². The second-order valence-corrected chi connectivity index (χ2v) is 5.91. The maximum Gasteiger partial charge on any atom is 0.412 e. The normalized spacial score (nSPS) is 16.5. The molecular weight excluding hydrogens is 352 g/mol. The Bertz CT molecular complexity index is 1050. The van der Waals surface area contributed by atoms with Crippen LogP contribution < -0.4 is 16.2 Å². The number of benzene rings is 1. The molecule has 0 radical (unpaired) electrons. The second-order valence-electron chi connectivity index (χ2n) is 5.91. The average molecular weight is 368 g/mol. The van der Waals surface area contributed by atoms with E-state index in [1.165, 1.54) is 10.6 Å². The molecule has 0 saturated carbocycles. The molecule has 1 saturated heterocycles. The van der Waals surface area contributed by atoms with E-state index < -0.39 is 23.6 Å². The number of aryl methyl sites for hydroxylation is 1. The standard InChI is InChI=1S/C18H16N4O5/c1-3-9-27-18(26)20-12-6-4-5-11-15(12)17(25)22(10(2)19-11)13-7-8-14(23)21-16(13)24/h1,4-6,13H,7-9H2,2H3,(H,20,26)(H,21,23,24). The molecule has 2 heterocycles. The molecule has 9 nitrogen and oxygen atoms in total. The number of fused-ring (bicyclic) bond motifs is 1. The fraction of sp³-hybridized carbons (Fsp3) is 0.278. The van der Waals surface area contributed by atoms with Gasteiger partial charge in [-0.15, -0.1) is 6.42 Å². The lowest BCUT2D eigenvalue weighted by Crippen LogP contribution is -2.45. The molecule has 0 aliphatic carbocycles. The SMILES string of the molecule is C#CCOC(=O)Nc1cccc2nc(C)n(C3CCC(=O)NC3=O)c(=O)c12. The van der Waals surface area contributed by atoms with Crippen LogP contribution in [0.4, 0.5) is 10.5 Å². The fourth-order valence-corrected chi connectivity index (χ4v) is 3.01. The van der Waals surface area contributed by atoms with Crippen molar-refractivity contribution in [1.29, 1.82) is 0 Å². The molecule has 1 atom stereocenters. The average Bonchev–Trinajstić information content (AvgIpc) is 2.61. The molecule has 138 valence electrons. The number of imide groups is 1. The van der Waals surface area contributed by atoms with Crippen molar-refractivity contribution >= 4 is 34.5 Å². The van der Waals surface area contributed by atoms with Crippen LogP contribution in [0, 0.1) is 19.3 Å². The van der Waals surface area contributed by atoms with E-state index in [4.69, 9.17) is 11.2 Å². The maximum absolute atomic E-state index is 13.1. The van der Waals surface area contributed by atoms with Crippen molar-refractivity contribution in [3.63, 3.8) is 0 Å². The summed E-state index contributed by atoms with van der Waals surface area (Å²) in [5.74, 6) is 1.56. The maximum atomic E-state index is 13.1. The smallest absolute Gasteiger partial charge is 0.412 e. The highest BCUT2D eigenvalue weighted by Crippen LogP contribution is 2.23. The number of nitrogens with one attached hydrogen (secondary N) is 2. The predicted octanol–water partition coefficient (Wildman–Crippen LogP) is 0.864. The lowest BCUT2D eigenvalue weighted by Gasteiger charge is -2.24. The topological polar surface area (TPSA) is 119 Å². The predicted molar refractivity (Wildman–Crippen MR) is 96.0 cm³/mol. The van der Waals surface area contributed by atoms with Gasteiger partial charge < -0.3 is 4.74 Å². The van der Waals surface area contributed by atoms with Gasteiger partial charge in [0.15, 0.2) is 6.61 Å². The van der Waals surface area contributed by atoms with Gasteiger partial charge in [-0.2, -0.15) is 0 Å². The summed E-state index contributed by atoms with van der Waals surface area (Å²) in [5.41, 5.74) is 0.0451. The summed E-state index contributed by atoms with van der Waals surface area (Å²) in [4.78, 5) is 52.9. The lowest BCUT2D eigenvalue weighted by molar-refractivity contribution is -0.135. The summed E-state index contributed by atoms with van der Waals surface area (Å²) < 4.78 is 6.00. The van der Waals surface area contributed by atoms with E-state index >= 15 is 0 Å². The van der Waals surface area contributed by atoms with Crippen LogP contribution in [-0.4, -0.2) is 34.1 Å². The van der Waals surface area contributed by atoms with Crippen molar-refractivity contribution in [2.75, 3.05) is 11.9 Å². The first-order valence-corrected chi connectivity index (χ1v) is 8.15. The molecule has 1 aliphatic rings. The zero-order valence-electron chi connectivity index (χ0n) is 14.4. The number of terminal acetylenes is 1. The molecule has 3 amide bonds. The summed E-state index contributed by atoms with van der Waals surface area (Å²) in [6.07, 6.45) is 4.55. The first kappa shape index (κ1) is 18.1. The second kappa shape index (κ2) is 7.29. The Hall–Kier alpha value is -3.67. The molecule has 3 rings (SSSR count). The van der Waals surface area contributed by atoms with E-state index in [0.717, 1.165) is 0 Å². The Morgan fingerprint density at radius 1 is 1.44 bits per heavy atom. The van der Waals surface area contributed by atoms with Gasteiger partial charge in [0, 0.05) is 6.42 Å². The van der Waals surface area contributed by atoms with Crippen molar-refractivity contribution in [3.8, 4) is 12.3 Å². The summed E-state index contributed by atoms with van der Waals surface area (Å²) in [7, 11) is 0. The van der Waals surface area contributed by atoms with E-state index in [9.17, 15) is 19.2 Å². The number of hydrogen-bond acceptors (Lipinski definition) is 6. The number of piperidine rings is 1. The number of aromatic nitrogens is 2. The molecular formula is C18H16N4O5. The molecule has 2 N–H and O–H groups in total. The zero-order chi connectivity index (χ0) is 19.6. The quantitative estimate of drug-likeness (QED) is 0.613. The number of anilines is 1. The van der Waals surface area contributed by atoms with E-state index in [2.05, 4.69) is 21.5 Å². The molecule has 27 heavy (non-hydrogen) atoms. The Labute approximate surface area is 153 Å². The van der Waals surface area contributed by atoms with Gasteiger partial charge in [-0.3, -0.25) is 29.6 Å². The summed E-state index contributed by atoms with van der Waals surface area (Å²) in [6.45, 7) is 1.39. The highest BCUT2D eigenvalue weighted by Gasteiger charge is 2.30. The Morgan fingerprint density at radius 3 is 2.93 bits per heavy atom. The van der Waals surface area contributed by atoms with Crippen molar-refractivity contribution in [3.05, 3.63) is 34.4 Å². The fourth-order valence-electron chi connectivity index (χ4n) is 3.01. The molecule has 9 heteroatoms. The molecule has 0 bridgehead atoms. The van der Waals surface area contributed by atoms with Gasteiger partial charge in [0.2, 0.25) is 11.8 Å². The van der Waals surface area contributed by atoms with Crippen LogP contribution in [0.1, 0.15) is 24.7 Å². The van der Waals surface area contributed by atoms with Crippen LogP contribution in [0.2, 0.25) is 0 Å². The molecule has 1 fully saturated rings. The number of hydrogen-bond donors (Lipinski definition) is 2. The number of ether oxygens (including phenoxy) is 1. The van der Waals surface area contributed by atoms with Crippen molar-refractivity contribution in [1.82, 2.24) is 14.9 Å². The molecule has 1 aliphatic heterocycles.